The lowest BCUT2D eigenvalue weighted by molar-refractivity contribution is 0.835. The van der Waals surface area contributed by atoms with Crippen LogP contribution < -0.4 is 11.1 Å². The lowest BCUT2D eigenvalue weighted by Crippen LogP contribution is -2.01. The molecule has 4 aromatic rings. The van der Waals surface area contributed by atoms with Gasteiger partial charge in [-0.25, -0.2) is 9.97 Å². The molecule has 0 amide bonds. The summed E-state index contributed by atoms with van der Waals surface area (Å²) in [5.41, 5.74) is 9.08. The molecule has 0 radical (unpaired) electrons. The van der Waals surface area contributed by atoms with Gasteiger partial charge in [-0.1, -0.05) is 6.07 Å². The number of nitrogen functional groups attached to an aromatic ring is 1. The number of aromatic nitrogens is 4. The van der Waals surface area contributed by atoms with E-state index in [0.717, 1.165) is 34.5 Å². The molecule has 0 aliphatic carbocycles. The predicted molar refractivity (Wildman–Crippen MR) is 95.0 cm³/mol. The third kappa shape index (κ3) is 2.77. The highest BCUT2D eigenvalue weighted by molar-refractivity contribution is 5.91. The second-order valence-electron chi connectivity index (χ2n) is 5.49. The van der Waals surface area contributed by atoms with E-state index < -0.39 is 0 Å². The molecule has 0 spiro atoms. The van der Waals surface area contributed by atoms with E-state index in [2.05, 4.69) is 37.1 Å². The predicted octanol–water partition coefficient (Wildman–Crippen LogP) is 3.20. The molecule has 3 aromatic heterocycles. The number of nitrogens with two attached hydrogens (primary N) is 1. The maximum atomic E-state index is 6.03. The van der Waals surface area contributed by atoms with E-state index >= 15 is 0 Å². The Labute approximate surface area is 139 Å². The van der Waals surface area contributed by atoms with Crippen molar-refractivity contribution < 1.29 is 0 Å². The van der Waals surface area contributed by atoms with Crippen molar-refractivity contribution in [2.75, 3.05) is 11.1 Å². The van der Waals surface area contributed by atoms with Gasteiger partial charge < -0.3 is 15.6 Å². The molecule has 0 aliphatic heterocycles. The molecule has 0 fully saturated rings. The molecule has 0 bridgehead atoms. The molecular formula is C18H16N6. The first-order valence-electron chi connectivity index (χ1n) is 7.61. The smallest absolute Gasteiger partial charge is 0.150 e. The molecule has 0 atom stereocenters. The number of rotatable bonds is 4. The summed E-state index contributed by atoms with van der Waals surface area (Å²) in [6.45, 7) is 0.741. The van der Waals surface area contributed by atoms with Crippen molar-refractivity contribution in [1.29, 1.82) is 0 Å². The molecule has 24 heavy (non-hydrogen) atoms. The number of benzene rings is 1. The zero-order valence-electron chi connectivity index (χ0n) is 12.9. The van der Waals surface area contributed by atoms with Crippen molar-refractivity contribution in [1.82, 2.24) is 19.5 Å². The fourth-order valence-electron chi connectivity index (χ4n) is 2.72. The highest BCUT2D eigenvalue weighted by Crippen LogP contribution is 2.23. The number of nitrogens with one attached hydrogen (secondary N) is 1. The molecule has 3 heterocycles. The van der Waals surface area contributed by atoms with Gasteiger partial charge in [-0.3, -0.25) is 4.98 Å². The number of hydrogen-bond donors (Lipinski definition) is 2. The first-order chi connectivity index (χ1) is 11.8. The van der Waals surface area contributed by atoms with E-state index in [0.29, 0.717) is 5.82 Å². The van der Waals surface area contributed by atoms with Crippen molar-refractivity contribution in [3.05, 3.63) is 72.9 Å². The minimum atomic E-state index is 0.668. The van der Waals surface area contributed by atoms with Gasteiger partial charge in [-0.2, -0.15) is 0 Å². The average molecular weight is 316 g/mol. The van der Waals surface area contributed by atoms with Crippen LogP contribution >= 0.6 is 0 Å². The number of hydrogen-bond acceptors (Lipinski definition) is 5. The van der Waals surface area contributed by atoms with Crippen molar-refractivity contribution in [3.8, 4) is 0 Å². The number of anilines is 3. The maximum absolute atomic E-state index is 6.03. The first-order valence-corrected chi connectivity index (χ1v) is 7.61. The molecule has 0 unspecified atom stereocenters. The third-order valence-corrected chi connectivity index (χ3v) is 3.84. The summed E-state index contributed by atoms with van der Waals surface area (Å²) < 4.78 is 2.17. The average Bonchev–Trinajstić information content (AvgIpc) is 3.01. The van der Waals surface area contributed by atoms with Crippen LogP contribution in [0.2, 0.25) is 0 Å². The number of fused-ring (bicyclic) bond motifs is 1. The highest BCUT2D eigenvalue weighted by atomic mass is 15.1. The normalized spacial score (nSPS) is 10.8. The summed E-state index contributed by atoms with van der Waals surface area (Å²) in [6, 6.07) is 12.0. The molecule has 6 nitrogen and oxygen atoms in total. The Morgan fingerprint density at radius 1 is 1.00 bits per heavy atom. The first kappa shape index (κ1) is 14.2. The van der Waals surface area contributed by atoms with Crippen LogP contribution in [0.3, 0.4) is 0 Å². The minimum absolute atomic E-state index is 0.668. The lowest BCUT2D eigenvalue weighted by Gasteiger charge is -2.09. The Balaban J connectivity index is 1.60. The van der Waals surface area contributed by atoms with Crippen molar-refractivity contribution in [3.63, 3.8) is 0 Å². The molecule has 6 heteroatoms. The van der Waals surface area contributed by atoms with Crippen LogP contribution in [0.25, 0.3) is 10.9 Å². The quantitative estimate of drug-likeness (QED) is 0.565. The van der Waals surface area contributed by atoms with Crippen LogP contribution in [-0.4, -0.2) is 19.5 Å². The van der Waals surface area contributed by atoms with E-state index in [1.165, 1.54) is 0 Å². The van der Waals surface area contributed by atoms with E-state index in [1.807, 2.05) is 30.3 Å². The van der Waals surface area contributed by atoms with E-state index in [9.17, 15) is 0 Å². The lowest BCUT2D eigenvalue weighted by atomic mass is 10.2. The zero-order chi connectivity index (χ0) is 16.4. The topological polar surface area (TPSA) is 81.7 Å². The van der Waals surface area contributed by atoms with Crippen LogP contribution in [0, 0.1) is 0 Å². The number of pyridine rings is 1. The van der Waals surface area contributed by atoms with Gasteiger partial charge in [-0.05, 0) is 35.9 Å². The van der Waals surface area contributed by atoms with E-state index in [4.69, 9.17) is 5.73 Å². The van der Waals surface area contributed by atoms with Crippen molar-refractivity contribution in [2.45, 2.75) is 6.54 Å². The van der Waals surface area contributed by atoms with Crippen LogP contribution in [-0.2, 0) is 6.54 Å². The van der Waals surface area contributed by atoms with E-state index in [1.54, 1.807) is 24.8 Å². The van der Waals surface area contributed by atoms with Crippen LogP contribution in [0.4, 0.5) is 17.3 Å². The van der Waals surface area contributed by atoms with Gasteiger partial charge in [0.05, 0.1) is 11.7 Å². The van der Waals surface area contributed by atoms with Gasteiger partial charge in [0.1, 0.15) is 11.6 Å². The summed E-state index contributed by atoms with van der Waals surface area (Å²) in [5.74, 6) is 1.41. The summed E-state index contributed by atoms with van der Waals surface area (Å²) in [7, 11) is 0. The summed E-state index contributed by atoms with van der Waals surface area (Å²) in [4.78, 5) is 12.6. The van der Waals surface area contributed by atoms with Gasteiger partial charge in [0, 0.05) is 42.4 Å². The van der Waals surface area contributed by atoms with Crippen molar-refractivity contribution in [2.24, 2.45) is 0 Å². The van der Waals surface area contributed by atoms with Crippen LogP contribution in [0.15, 0.2) is 67.4 Å². The minimum Gasteiger partial charge on any atom is -0.398 e. The molecule has 118 valence electrons. The second-order valence-corrected chi connectivity index (χ2v) is 5.49. The Hall–Kier alpha value is -3.41. The van der Waals surface area contributed by atoms with Gasteiger partial charge >= 0.3 is 0 Å². The zero-order valence-corrected chi connectivity index (χ0v) is 12.9. The van der Waals surface area contributed by atoms with Gasteiger partial charge in [-0.15, -0.1) is 0 Å². The monoisotopic (exact) mass is 316 g/mol. The Bertz CT molecular complexity index is 977. The molecule has 1 aromatic carbocycles. The Morgan fingerprint density at radius 3 is 2.79 bits per heavy atom. The Kier molecular flexibility index (Phi) is 3.55. The summed E-state index contributed by atoms with van der Waals surface area (Å²) in [6.07, 6.45) is 8.78. The van der Waals surface area contributed by atoms with E-state index in [-0.39, 0.29) is 0 Å². The third-order valence-electron chi connectivity index (χ3n) is 3.84. The van der Waals surface area contributed by atoms with Gasteiger partial charge in [0.2, 0.25) is 0 Å². The second kappa shape index (κ2) is 6.00. The Morgan fingerprint density at radius 2 is 1.92 bits per heavy atom. The molecule has 3 N–H and O–H groups in total. The van der Waals surface area contributed by atoms with Crippen LogP contribution in [0.1, 0.15) is 5.56 Å². The molecular weight excluding hydrogens is 300 g/mol. The molecule has 0 aliphatic rings. The SMILES string of the molecule is Nc1cccc2c1ccn2Cc1ccnc(Nc2cnccn2)c1. The molecule has 0 saturated heterocycles. The fraction of sp³-hybridized carbons (Fsp3) is 0.0556. The largest absolute Gasteiger partial charge is 0.398 e. The summed E-state index contributed by atoms with van der Waals surface area (Å²) >= 11 is 0. The maximum Gasteiger partial charge on any atom is 0.150 e. The van der Waals surface area contributed by atoms with Gasteiger partial charge in [0.15, 0.2) is 0 Å². The standard InChI is InChI=1S/C18H16N6/c19-15-2-1-3-16-14(15)5-9-24(16)12-13-4-6-21-17(10-13)23-18-11-20-7-8-22-18/h1-11H,12,19H2,(H,21,22,23). The summed E-state index contributed by atoms with van der Waals surface area (Å²) in [5, 5.41) is 4.23. The van der Waals surface area contributed by atoms with Crippen molar-refractivity contribution >= 4 is 28.2 Å². The highest BCUT2D eigenvalue weighted by Gasteiger charge is 2.05. The molecule has 4 rings (SSSR count). The molecule has 0 saturated carbocycles. The van der Waals surface area contributed by atoms with Crippen LogP contribution in [0.5, 0.6) is 0 Å². The fourth-order valence-corrected chi connectivity index (χ4v) is 2.72. The number of nitrogens with zero attached hydrogens (tertiary/aromatic N) is 4. The van der Waals surface area contributed by atoms with Gasteiger partial charge in [0.25, 0.3) is 0 Å².